The third-order valence-corrected chi connectivity index (χ3v) is 2.97. The third-order valence-electron chi connectivity index (χ3n) is 2.97. The molecule has 0 aromatic heterocycles. The number of benzene rings is 1. The van der Waals surface area contributed by atoms with Crippen molar-refractivity contribution in [1.29, 1.82) is 5.26 Å². The Hall–Kier alpha value is -1.53. The van der Waals surface area contributed by atoms with Crippen LogP contribution < -0.4 is 5.32 Å². The number of likely N-dealkylation sites (N-methyl/N-ethyl adjacent to an activating group) is 1. The highest BCUT2D eigenvalue weighted by Gasteiger charge is 2.20. The lowest BCUT2D eigenvalue weighted by Crippen LogP contribution is -2.44. The van der Waals surface area contributed by atoms with Crippen LogP contribution in [0.4, 0.5) is 5.69 Å². The molecule has 1 rings (SSSR count). The molecule has 0 aliphatic heterocycles. The van der Waals surface area contributed by atoms with E-state index in [0.29, 0.717) is 5.56 Å². The molecule has 0 atom stereocenters. The number of hydrogen-bond donors (Lipinski definition) is 1. The first-order chi connectivity index (χ1) is 7.47. The van der Waals surface area contributed by atoms with Crippen LogP contribution >= 0.6 is 0 Å². The number of nitrogens with one attached hydrogen (secondary N) is 1. The first-order valence-electron chi connectivity index (χ1n) is 5.38. The number of para-hydroxylation sites is 1. The molecule has 0 saturated heterocycles. The largest absolute Gasteiger partial charge is 0.382 e. The minimum atomic E-state index is 0.0581. The first-order valence-corrected chi connectivity index (χ1v) is 5.38. The summed E-state index contributed by atoms with van der Waals surface area (Å²) in [4.78, 5) is 2.16. The van der Waals surface area contributed by atoms with E-state index >= 15 is 0 Å². The molecule has 1 aromatic rings. The van der Waals surface area contributed by atoms with Gasteiger partial charge in [-0.25, -0.2) is 0 Å². The number of nitriles is 1. The Bertz CT molecular complexity index is 388. The maximum atomic E-state index is 8.96. The van der Waals surface area contributed by atoms with Gasteiger partial charge in [-0.1, -0.05) is 12.1 Å². The summed E-state index contributed by atoms with van der Waals surface area (Å²) in [7, 11) is 4.11. The smallest absolute Gasteiger partial charge is 0.101 e. The molecular formula is C13H19N3. The van der Waals surface area contributed by atoms with Crippen molar-refractivity contribution in [2.24, 2.45) is 0 Å². The Morgan fingerprint density at radius 3 is 2.50 bits per heavy atom. The first kappa shape index (κ1) is 12.5. The van der Waals surface area contributed by atoms with E-state index in [1.54, 1.807) is 0 Å². The Labute approximate surface area is 97.7 Å². The zero-order chi connectivity index (χ0) is 12.2. The highest BCUT2D eigenvalue weighted by molar-refractivity contribution is 5.57. The van der Waals surface area contributed by atoms with E-state index in [2.05, 4.69) is 44.2 Å². The third kappa shape index (κ3) is 2.98. The summed E-state index contributed by atoms with van der Waals surface area (Å²) >= 11 is 0. The van der Waals surface area contributed by atoms with Gasteiger partial charge >= 0.3 is 0 Å². The van der Waals surface area contributed by atoms with Crippen molar-refractivity contribution >= 4 is 5.69 Å². The number of hydrogen-bond acceptors (Lipinski definition) is 3. The van der Waals surface area contributed by atoms with Gasteiger partial charge in [0.05, 0.1) is 11.3 Å². The molecule has 0 radical (unpaired) electrons. The average Bonchev–Trinajstić information content (AvgIpc) is 2.26. The summed E-state index contributed by atoms with van der Waals surface area (Å²) in [6, 6.07) is 9.76. The second-order valence-corrected chi connectivity index (χ2v) is 4.72. The molecule has 0 bridgehead atoms. The topological polar surface area (TPSA) is 39.1 Å². The van der Waals surface area contributed by atoms with Gasteiger partial charge in [0.1, 0.15) is 6.07 Å². The zero-order valence-corrected chi connectivity index (χ0v) is 10.4. The fourth-order valence-corrected chi connectivity index (χ4v) is 1.20. The minimum absolute atomic E-state index is 0.0581. The molecule has 0 heterocycles. The van der Waals surface area contributed by atoms with E-state index in [4.69, 9.17) is 5.26 Å². The van der Waals surface area contributed by atoms with E-state index < -0.39 is 0 Å². The number of anilines is 1. The van der Waals surface area contributed by atoms with Crippen molar-refractivity contribution in [2.45, 2.75) is 19.4 Å². The van der Waals surface area contributed by atoms with Gasteiger partial charge in [-0.2, -0.15) is 5.26 Å². The molecule has 86 valence electrons. The molecule has 1 aromatic carbocycles. The molecule has 0 saturated carbocycles. The van der Waals surface area contributed by atoms with Crippen LogP contribution in [0.25, 0.3) is 0 Å². The van der Waals surface area contributed by atoms with Crippen LogP contribution in [0.1, 0.15) is 19.4 Å². The predicted octanol–water partition coefficient (Wildman–Crippen LogP) is 2.31. The van der Waals surface area contributed by atoms with Crippen molar-refractivity contribution < 1.29 is 0 Å². The monoisotopic (exact) mass is 217 g/mol. The Morgan fingerprint density at radius 1 is 1.31 bits per heavy atom. The summed E-state index contributed by atoms with van der Waals surface area (Å²) in [6.45, 7) is 5.13. The molecule has 1 N–H and O–H groups in total. The van der Waals surface area contributed by atoms with Gasteiger partial charge in [0.25, 0.3) is 0 Å². The van der Waals surface area contributed by atoms with E-state index in [-0.39, 0.29) is 5.54 Å². The van der Waals surface area contributed by atoms with Crippen LogP contribution in [-0.4, -0.2) is 31.1 Å². The molecule has 16 heavy (non-hydrogen) atoms. The second-order valence-electron chi connectivity index (χ2n) is 4.72. The maximum absolute atomic E-state index is 8.96. The number of nitrogens with zero attached hydrogens (tertiary/aromatic N) is 2. The standard InChI is InChI=1S/C13H19N3/c1-13(2,16(3)4)10-15-12-8-6-5-7-11(12)9-14/h5-8,15H,10H2,1-4H3. The molecule has 0 amide bonds. The van der Waals surface area contributed by atoms with Crippen molar-refractivity contribution in [1.82, 2.24) is 4.90 Å². The SMILES string of the molecule is CN(C)C(C)(C)CNc1ccccc1C#N. The summed E-state index contributed by atoms with van der Waals surface area (Å²) in [5.41, 5.74) is 1.65. The lowest BCUT2D eigenvalue weighted by Gasteiger charge is -2.33. The maximum Gasteiger partial charge on any atom is 0.101 e. The lowest BCUT2D eigenvalue weighted by molar-refractivity contribution is 0.210. The van der Waals surface area contributed by atoms with E-state index in [0.717, 1.165) is 12.2 Å². The molecule has 3 heteroatoms. The molecule has 3 nitrogen and oxygen atoms in total. The summed E-state index contributed by atoms with van der Waals surface area (Å²) < 4.78 is 0. The van der Waals surface area contributed by atoms with E-state index in [1.807, 2.05) is 24.3 Å². The van der Waals surface area contributed by atoms with Crippen molar-refractivity contribution in [3.63, 3.8) is 0 Å². The molecule has 0 aliphatic rings. The predicted molar refractivity (Wildman–Crippen MR) is 67.4 cm³/mol. The van der Waals surface area contributed by atoms with Crippen LogP contribution in [-0.2, 0) is 0 Å². The number of rotatable bonds is 4. The highest BCUT2D eigenvalue weighted by atomic mass is 15.2. The Morgan fingerprint density at radius 2 is 1.94 bits per heavy atom. The van der Waals surface area contributed by atoms with Gasteiger partial charge in [-0.05, 0) is 40.1 Å². The van der Waals surface area contributed by atoms with Crippen LogP contribution in [0.2, 0.25) is 0 Å². The Balaban J connectivity index is 2.72. The van der Waals surface area contributed by atoms with E-state index in [1.165, 1.54) is 0 Å². The minimum Gasteiger partial charge on any atom is -0.382 e. The highest BCUT2D eigenvalue weighted by Crippen LogP contribution is 2.16. The van der Waals surface area contributed by atoms with Crippen molar-refractivity contribution in [2.75, 3.05) is 26.0 Å². The zero-order valence-electron chi connectivity index (χ0n) is 10.4. The molecule has 0 unspecified atom stereocenters. The average molecular weight is 217 g/mol. The quantitative estimate of drug-likeness (QED) is 0.841. The van der Waals surface area contributed by atoms with Crippen molar-refractivity contribution in [3.05, 3.63) is 29.8 Å². The van der Waals surface area contributed by atoms with Gasteiger partial charge in [-0.15, -0.1) is 0 Å². The summed E-state index contributed by atoms with van der Waals surface area (Å²) in [5.74, 6) is 0. The van der Waals surface area contributed by atoms with Gasteiger partial charge < -0.3 is 10.2 Å². The van der Waals surface area contributed by atoms with Crippen LogP contribution in [0.3, 0.4) is 0 Å². The lowest BCUT2D eigenvalue weighted by atomic mass is 10.0. The van der Waals surface area contributed by atoms with Crippen molar-refractivity contribution in [3.8, 4) is 6.07 Å². The molecular weight excluding hydrogens is 198 g/mol. The molecule has 0 fully saturated rings. The van der Waals surface area contributed by atoms with Crippen LogP contribution in [0.5, 0.6) is 0 Å². The van der Waals surface area contributed by atoms with Gasteiger partial charge in [0.2, 0.25) is 0 Å². The van der Waals surface area contributed by atoms with Crippen LogP contribution in [0.15, 0.2) is 24.3 Å². The fraction of sp³-hybridized carbons (Fsp3) is 0.462. The fourth-order valence-electron chi connectivity index (χ4n) is 1.20. The van der Waals surface area contributed by atoms with E-state index in [9.17, 15) is 0 Å². The Kier molecular flexibility index (Phi) is 3.92. The van der Waals surface area contributed by atoms with Gasteiger partial charge in [0, 0.05) is 12.1 Å². The normalized spacial score (nSPS) is 11.2. The van der Waals surface area contributed by atoms with Crippen LogP contribution in [0, 0.1) is 11.3 Å². The van der Waals surface area contributed by atoms with Gasteiger partial charge in [-0.3, -0.25) is 0 Å². The molecule has 0 spiro atoms. The van der Waals surface area contributed by atoms with Gasteiger partial charge in [0.15, 0.2) is 0 Å². The molecule has 0 aliphatic carbocycles. The second kappa shape index (κ2) is 5.00. The summed E-state index contributed by atoms with van der Waals surface area (Å²) in [5, 5.41) is 12.3. The summed E-state index contributed by atoms with van der Waals surface area (Å²) in [6.07, 6.45) is 0.